The summed E-state index contributed by atoms with van der Waals surface area (Å²) in [5.41, 5.74) is 0.609. The number of amides is 1. The summed E-state index contributed by atoms with van der Waals surface area (Å²) >= 11 is 0. The lowest BCUT2D eigenvalue weighted by atomic mass is 9.99. The molecule has 0 bridgehead atoms. The van der Waals surface area contributed by atoms with Crippen LogP contribution in [0.5, 0.6) is 0 Å². The van der Waals surface area contributed by atoms with Crippen molar-refractivity contribution in [2.24, 2.45) is 0 Å². The number of nitriles is 1. The SMILES string of the molecule is CCn1cc(C#N)c(=O)n(CC(=O)N[C@H](C)c2ccc(C(C)C)cc2)c1=O. The van der Waals surface area contributed by atoms with E-state index in [1.165, 1.54) is 16.3 Å². The number of nitrogens with zero attached hydrogens (tertiary/aromatic N) is 3. The molecule has 0 fully saturated rings. The summed E-state index contributed by atoms with van der Waals surface area (Å²) in [6.45, 7) is 7.64. The van der Waals surface area contributed by atoms with Crippen LogP contribution >= 0.6 is 0 Å². The third kappa shape index (κ3) is 4.53. The summed E-state index contributed by atoms with van der Waals surface area (Å²) in [6, 6.07) is 9.43. The van der Waals surface area contributed by atoms with Crippen LogP contribution in [0.2, 0.25) is 0 Å². The van der Waals surface area contributed by atoms with Gasteiger partial charge in [0.1, 0.15) is 18.2 Å². The van der Waals surface area contributed by atoms with Crippen molar-refractivity contribution in [2.45, 2.75) is 52.7 Å². The second-order valence-electron chi connectivity index (χ2n) is 6.73. The number of nitrogens with one attached hydrogen (secondary N) is 1. The van der Waals surface area contributed by atoms with Crippen molar-refractivity contribution in [3.63, 3.8) is 0 Å². The maximum atomic E-state index is 12.4. The number of hydrogen-bond acceptors (Lipinski definition) is 4. The first-order valence-electron chi connectivity index (χ1n) is 8.92. The van der Waals surface area contributed by atoms with E-state index >= 15 is 0 Å². The number of hydrogen-bond donors (Lipinski definition) is 1. The van der Waals surface area contributed by atoms with Gasteiger partial charge in [0, 0.05) is 12.7 Å². The molecular formula is C20H24N4O3. The van der Waals surface area contributed by atoms with Gasteiger partial charge in [-0.2, -0.15) is 5.26 Å². The first-order valence-corrected chi connectivity index (χ1v) is 8.92. The van der Waals surface area contributed by atoms with Crippen LogP contribution in [0.3, 0.4) is 0 Å². The molecule has 0 unspecified atom stereocenters. The van der Waals surface area contributed by atoms with Crippen molar-refractivity contribution in [2.75, 3.05) is 0 Å². The minimum absolute atomic E-state index is 0.165. The molecule has 2 rings (SSSR count). The van der Waals surface area contributed by atoms with E-state index in [2.05, 4.69) is 19.2 Å². The second kappa shape index (κ2) is 8.49. The van der Waals surface area contributed by atoms with Crippen LogP contribution in [0.25, 0.3) is 0 Å². The van der Waals surface area contributed by atoms with Gasteiger partial charge >= 0.3 is 5.69 Å². The van der Waals surface area contributed by atoms with E-state index in [0.717, 1.165) is 10.1 Å². The Hall–Kier alpha value is -3.14. The van der Waals surface area contributed by atoms with Crippen molar-refractivity contribution in [3.05, 3.63) is 68.0 Å². The Labute approximate surface area is 157 Å². The number of aryl methyl sites for hydroxylation is 1. The molecule has 142 valence electrons. The molecule has 27 heavy (non-hydrogen) atoms. The second-order valence-corrected chi connectivity index (χ2v) is 6.73. The molecule has 0 aliphatic rings. The van der Waals surface area contributed by atoms with Crippen molar-refractivity contribution < 1.29 is 4.79 Å². The molecule has 0 saturated carbocycles. The Morgan fingerprint density at radius 1 is 1.15 bits per heavy atom. The standard InChI is InChI=1S/C20H24N4O3/c1-5-23-11-17(10-21)19(26)24(20(23)27)12-18(25)22-14(4)16-8-6-15(7-9-16)13(2)3/h6-9,11,13-14H,5,12H2,1-4H3,(H,22,25)/t14-/m1/s1. The predicted octanol–water partition coefficient (Wildman–Crippen LogP) is 1.90. The zero-order chi connectivity index (χ0) is 20.1. The first-order chi connectivity index (χ1) is 12.8. The number of aromatic nitrogens is 2. The largest absolute Gasteiger partial charge is 0.348 e. The molecule has 0 spiro atoms. The van der Waals surface area contributed by atoms with E-state index < -0.39 is 23.7 Å². The Balaban J connectivity index is 2.19. The molecule has 0 aliphatic heterocycles. The molecule has 1 atom stereocenters. The van der Waals surface area contributed by atoms with E-state index in [0.29, 0.717) is 12.5 Å². The summed E-state index contributed by atoms with van der Waals surface area (Å²) in [4.78, 5) is 36.9. The lowest BCUT2D eigenvalue weighted by Crippen LogP contribution is -2.44. The maximum absolute atomic E-state index is 12.4. The van der Waals surface area contributed by atoms with Gasteiger partial charge in [-0.1, -0.05) is 38.1 Å². The Kier molecular flexibility index (Phi) is 6.35. The van der Waals surface area contributed by atoms with Crippen LogP contribution < -0.4 is 16.6 Å². The van der Waals surface area contributed by atoms with Gasteiger partial charge in [0.2, 0.25) is 5.91 Å². The zero-order valence-electron chi connectivity index (χ0n) is 16.0. The first kappa shape index (κ1) is 20.2. The molecule has 2 aromatic rings. The van der Waals surface area contributed by atoms with Gasteiger partial charge in [-0.15, -0.1) is 0 Å². The molecule has 0 radical (unpaired) electrons. The molecule has 0 saturated heterocycles. The predicted molar refractivity (Wildman–Crippen MR) is 102 cm³/mol. The van der Waals surface area contributed by atoms with E-state index in [9.17, 15) is 14.4 Å². The van der Waals surface area contributed by atoms with Crippen LogP contribution in [0.15, 0.2) is 40.1 Å². The molecule has 1 aromatic carbocycles. The minimum atomic E-state index is -0.753. The van der Waals surface area contributed by atoms with E-state index in [4.69, 9.17) is 5.26 Å². The van der Waals surface area contributed by atoms with Crippen molar-refractivity contribution in [1.82, 2.24) is 14.5 Å². The quantitative estimate of drug-likeness (QED) is 0.842. The van der Waals surface area contributed by atoms with Crippen molar-refractivity contribution in [3.8, 4) is 6.07 Å². The van der Waals surface area contributed by atoms with Crippen molar-refractivity contribution >= 4 is 5.91 Å². The number of rotatable bonds is 6. The van der Waals surface area contributed by atoms with Crippen LogP contribution in [0, 0.1) is 11.3 Å². The van der Waals surface area contributed by atoms with Gasteiger partial charge in [-0.3, -0.25) is 14.2 Å². The molecule has 1 amide bonds. The van der Waals surface area contributed by atoms with Crippen molar-refractivity contribution in [1.29, 1.82) is 5.26 Å². The monoisotopic (exact) mass is 368 g/mol. The highest BCUT2D eigenvalue weighted by Gasteiger charge is 2.16. The molecule has 1 N–H and O–H groups in total. The number of carbonyl (C=O) groups is 1. The van der Waals surface area contributed by atoms with Crippen LogP contribution in [-0.2, 0) is 17.9 Å². The third-order valence-electron chi connectivity index (χ3n) is 4.48. The summed E-state index contributed by atoms with van der Waals surface area (Å²) in [5.74, 6) is -0.0450. The van der Waals surface area contributed by atoms with E-state index in [1.54, 1.807) is 13.0 Å². The smallest absolute Gasteiger partial charge is 0.331 e. The minimum Gasteiger partial charge on any atom is -0.348 e. The number of carbonyl (C=O) groups excluding carboxylic acids is 1. The Morgan fingerprint density at radius 2 is 1.74 bits per heavy atom. The highest BCUT2D eigenvalue weighted by molar-refractivity contribution is 5.76. The lowest BCUT2D eigenvalue weighted by molar-refractivity contribution is -0.122. The molecule has 0 aliphatic carbocycles. The normalized spacial score (nSPS) is 11.9. The summed E-state index contributed by atoms with van der Waals surface area (Å²) < 4.78 is 2.03. The fourth-order valence-electron chi connectivity index (χ4n) is 2.78. The Bertz CT molecular complexity index is 978. The van der Waals surface area contributed by atoms with Gasteiger partial charge in [-0.05, 0) is 30.9 Å². The number of benzene rings is 1. The van der Waals surface area contributed by atoms with Gasteiger partial charge in [0.15, 0.2) is 0 Å². The molecular weight excluding hydrogens is 344 g/mol. The van der Waals surface area contributed by atoms with Crippen LogP contribution in [-0.4, -0.2) is 15.0 Å². The zero-order valence-corrected chi connectivity index (χ0v) is 16.0. The summed E-state index contributed by atoms with van der Waals surface area (Å²) in [6.07, 6.45) is 1.22. The topological polar surface area (TPSA) is 96.9 Å². The fourth-order valence-corrected chi connectivity index (χ4v) is 2.78. The third-order valence-corrected chi connectivity index (χ3v) is 4.48. The molecule has 7 heteroatoms. The van der Waals surface area contributed by atoms with E-state index in [1.807, 2.05) is 31.2 Å². The van der Waals surface area contributed by atoms with Gasteiger partial charge < -0.3 is 5.32 Å². The van der Waals surface area contributed by atoms with Crippen LogP contribution in [0.4, 0.5) is 0 Å². The maximum Gasteiger partial charge on any atom is 0.331 e. The lowest BCUT2D eigenvalue weighted by Gasteiger charge is -2.16. The summed E-state index contributed by atoms with van der Waals surface area (Å²) in [7, 11) is 0. The molecule has 7 nitrogen and oxygen atoms in total. The van der Waals surface area contributed by atoms with Gasteiger partial charge in [-0.25, -0.2) is 9.36 Å². The van der Waals surface area contributed by atoms with Gasteiger partial charge in [0.25, 0.3) is 5.56 Å². The van der Waals surface area contributed by atoms with E-state index in [-0.39, 0.29) is 11.6 Å². The Morgan fingerprint density at radius 3 is 2.26 bits per heavy atom. The fraction of sp³-hybridized carbons (Fsp3) is 0.400. The summed E-state index contributed by atoms with van der Waals surface area (Å²) in [5, 5.41) is 11.9. The molecule has 1 aromatic heterocycles. The van der Waals surface area contributed by atoms with Crippen LogP contribution in [0.1, 0.15) is 56.3 Å². The highest BCUT2D eigenvalue weighted by atomic mass is 16.2. The average Bonchev–Trinajstić information content (AvgIpc) is 2.65. The van der Waals surface area contributed by atoms with Gasteiger partial charge in [0.05, 0.1) is 6.04 Å². The molecule has 1 heterocycles. The average molecular weight is 368 g/mol. The highest BCUT2D eigenvalue weighted by Crippen LogP contribution is 2.18.